The van der Waals surface area contributed by atoms with E-state index in [1.54, 1.807) is 33.5 Å². The summed E-state index contributed by atoms with van der Waals surface area (Å²) in [4.78, 5) is 18.2. The van der Waals surface area contributed by atoms with Crippen molar-refractivity contribution in [3.05, 3.63) is 43.5 Å². The van der Waals surface area contributed by atoms with Gasteiger partial charge in [0.25, 0.3) is 0 Å². The zero-order chi connectivity index (χ0) is 21.2. The van der Waals surface area contributed by atoms with Crippen molar-refractivity contribution >= 4 is 11.4 Å². The summed E-state index contributed by atoms with van der Waals surface area (Å²) in [5, 5.41) is 8.54. The molecule has 1 saturated carbocycles. The predicted octanol–water partition coefficient (Wildman–Crippen LogP) is 3.10. The van der Waals surface area contributed by atoms with Crippen LogP contribution in [-0.4, -0.2) is 53.9 Å². The van der Waals surface area contributed by atoms with Gasteiger partial charge in [0.2, 0.25) is 11.8 Å². The Balaban J connectivity index is 0.00000117. The van der Waals surface area contributed by atoms with E-state index in [2.05, 4.69) is 16.8 Å². The van der Waals surface area contributed by atoms with Gasteiger partial charge >= 0.3 is 0 Å². The van der Waals surface area contributed by atoms with E-state index in [9.17, 15) is 4.79 Å². The standard InChI is InChI=1S/C19H22N6O2.C2H6/c1-5-17(26)24(4)14-8-19(2,9-14)27-18-16-6-7-20-25(16)12-15(22-18)13-10-21-23(3)11-13;1-2/h5-7,10-12,14H,1,8-9H2,2-4H3;1-2H3. The van der Waals surface area contributed by atoms with Crippen molar-refractivity contribution in [1.82, 2.24) is 29.3 Å². The maximum Gasteiger partial charge on any atom is 0.245 e. The lowest BCUT2D eigenvalue weighted by Gasteiger charge is -2.48. The molecule has 0 spiro atoms. The summed E-state index contributed by atoms with van der Waals surface area (Å²) in [5.74, 6) is 0.462. The van der Waals surface area contributed by atoms with E-state index >= 15 is 0 Å². The number of likely N-dealkylation sites (N-methyl/N-ethyl adjacent to an activating group) is 1. The molecular formula is C21H28N6O2. The molecule has 1 fully saturated rings. The zero-order valence-electron chi connectivity index (χ0n) is 17.7. The number of rotatable bonds is 5. The van der Waals surface area contributed by atoms with Gasteiger partial charge in [-0.1, -0.05) is 20.4 Å². The lowest BCUT2D eigenvalue weighted by atomic mass is 9.76. The topological polar surface area (TPSA) is 77.6 Å². The molecule has 0 bridgehead atoms. The van der Waals surface area contributed by atoms with Crippen LogP contribution in [-0.2, 0) is 11.8 Å². The molecular weight excluding hydrogens is 368 g/mol. The van der Waals surface area contributed by atoms with Gasteiger partial charge in [0.1, 0.15) is 11.1 Å². The van der Waals surface area contributed by atoms with Crippen molar-refractivity contribution in [2.75, 3.05) is 7.05 Å². The molecule has 3 aromatic heterocycles. The average Bonchev–Trinajstić information content (AvgIpc) is 3.35. The molecule has 0 aromatic carbocycles. The van der Waals surface area contributed by atoms with Crippen LogP contribution < -0.4 is 4.74 Å². The highest BCUT2D eigenvalue weighted by molar-refractivity contribution is 5.87. The van der Waals surface area contributed by atoms with Crippen LogP contribution >= 0.6 is 0 Å². The number of carbonyl (C=O) groups is 1. The van der Waals surface area contributed by atoms with E-state index in [-0.39, 0.29) is 17.6 Å². The summed E-state index contributed by atoms with van der Waals surface area (Å²) < 4.78 is 9.80. The Morgan fingerprint density at radius 1 is 1.34 bits per heavy atom. The van der Waals surface area contributed by atoms with E-state index < -0.39 is 0 Å². The van der Waals surface area contributed by atoms with Gasteiger partial charge < -0.3 is 9.64 Å². The Morgan fingerprint density at radius 2 is 2.07 bits per heavy atom. The van der Waals surface area contributed by atoms with Gasteiger partial charge in [-0.25, -0.2) is 9.50 Å². The first-order valence-electron chi connectivity index (χ1n) is 9.80. The van der Waals surface area contributed by atoms with E-state index in [1.165, 1.54) is 6.08 Å². The number of fused-ring (bicyclic) bond motifs is 1. The van der Waals surface area contributed by atoms with Crippen molar-refractivity contribution in [1.29, 1.82) is 0 Å². The van der Waals surface area contributed by atoms with Crippen LogP contribution in [0.4, 0.5) is 0 Å². The zero-order valence-corrected chi connectivity index (χ0v) is 17.7. The van der Waals surface area contributed by atoms with Gasteiger partial charge in [0.15, 0.2) is 0 Å². The molecule has 0 unspecified atom stereocenters. The predicted molar refractivity (Wildman–Crippen MR) is 112 cm³/mol. The highest BCUT2D eigenvalue weighted by Crippen LogP contribution is 2.40. The summed E-state index contributed by atoms with van der Waals surface area (Å²) in [6, 6.07) is 2.02. The minimum absolute atomic E-state index is 0.0723. The SMILES string of the molecule is C=CC(=O)N(C)C1CC(C)(Oc2nc(-c3cnn(C)c3)cn3nccc23)C1.CC. The Hall–Kier alpha value is -3.16. The molecule has 0 saturated heterocycles. The Bertz CT molecular complexity index is 1020. The third kappa shape index (κ3) is 4.01. The van der Waals surface area contributed by atoms with Crippen molar-refractivity contribution in [3.63, 3.8) is 0 Å². The summed E-state index contributed by atoms with van der Waals surface area (Å²) >= 11 is 0. The quantitative estimate of drug-likeness (QED) is 0.619. The second kappa shape index (κ2) is 8.06. The molecule has 0 radical (unpaired) electrons. The van der Waals surface area contributed by atoms with Crippen molar-refractivity contribution < 1.29 is 9.53 Å². The smallest absolute Gasteiger partial charge is 0.245 e. The molecule has 3 aromatic rings. The molecule has 1 amide bonds. The summed E-state index contributed by atoms with van der Waals surface area (Å²) in [6.45, 7) is 9.59. The number of hydrogen-bond donors (Lipinski definition) is 0. The fourth-order valence-electron chi connectivity index (χ4n) is 3.52. The van der Waals surface area contributed by atoms with Crippen LogP contribution in [0.25, 0.3) is 16.8 Å². The first-order valence-corrected chi connectivity index (χ1v) is 9.80. The molecule has 1 aliphatic rings. The summed E-state index contributed by atoms with van der Waals surface area (Å²) in [5.41, 5.74) is 2.06. The number of hydrogen-bond acceptors (Lipinski definition) is 5. The minimum atomic E-state index is -0.383. The number of aromatic nitrogens is 5. The van der Waals surface area contributed by atoms with Gasteiger partial charge in [-0.3, -0.25) is 9.48 Å². The molecule has 29 heavy (non-hydrogen) atoms. The molecule has 1 aliphatic carbocycles. The Labute approximate surface area is 170 Å². The highest BCUT2D eigenvalue weighted by atomic mass is 16.5. The first-order chi connectivity index (χ1) is 13.9. The van der Waals surface area contributed by atoms with Gasteiger partial charge in [-0.15, -0.1) is 0 Å². The largest absolute Gasteiger partial charge is 0.470 e. The molecule has 3 heterocycles. The maximum atomic E-state index is 11.8. The van der Waals surface area contributed by atoms with Crippen LogP contribution in [0.15, 0.2) is 43.5 Å². The monoisotopic (exact) mass is 396 g/mol. The van der Waals surface area contributed by atoms with Crippen LogP contribution in [0.2, 0.25) is 0 Å². The van der Waals surface area contributed by atoms with Crippen molar-refractivity contribution in [3.8, 4) is 17.1 Å². The van der Waals surface area contributed by atoms with Crippen LogP contribution in [0.5, 0.6) is 5.88 Å². The van der Waals surface area contributed by atoms with E-state index in [4.69, 9.17) is 9.72 Å². The Morgan fingerprint density at radius 3 is 2.69 bits per heavy atom. The van der Waals surface area contributed by atoms with E-state index in [1.807, 2.05) is 46.3 Å². The lowest BCUT2D eigenvalue weighted by Crippen LogP contribution is -2.56. The van der Waals surface area contributed by atoms with Gasteiger partial charge in [-0.2, -0.15) is 10.2 Å². The van der Waals surface area contributed by atoms with Gasteiger partial charge in [-0.05, 0) is 19.1 Å². The Kier molecular flexibility index (Phi) is 5.72. The number of ether oxygens (including phenoxy) is 1. The molecule has 4 rings (SSSR count). The number of amides is 1. The third-order valence-corrected chi connectivity index (χ3v) is 5.10. The molecule has 154 valence electrons. The molecule has 0 atom stereocenters. The average molecular weight is 396 g/mol. The molecule has 0 N–H and O–H groups in total. The van der Waals surface area contributed by atoms with Gasteiger partial charge in [0, 0.05) is 44.7 Å². The van der Waals surface area contributed by atoms with Crippen LogP contribution in [0.1, 0.15) is 33.6 Å². The minimum Gasteiger partial charge on any atom is -0.470 e. The number of aryl methyl sites for hydroxylation is 1. The maximum absolute atomic E-state index is 11.8. The first kappa shape index (κ1) is 20.6. The fourth-order valence-corrected chi connectivity index (χ4v) is 3.52. The normalized spacial score (nSPS) is 20.4. The van der Waals surface area contributed by atoms with Gasteiger partial charge in [0.05, 0.1) is 24.3 Å². The van der Waals surface area contributed by atoms with E-state index in [0.717, 1.165) is 29.6 Å². The lowest BCUT2D eigenvalue weighted by molar-refractivity contribution is -0.133. The van der Waals surface area contributed by atoms with Crippen molar-refractivity contribution in [2.45, 2.75) is 45.3 Å². The van der Waals surface area contributed by atoms with Crippen molar-refractivity contribution in [2.24, 2.45) is 7.05 Å². The summed E-state index contributed by atoms with van der Waals surface area (Å²) in [7, 11) is 3.66. The number of carbonyl (C=O) groups excluding carboxylic acids is 1. The molecule has 8 nitrogen and oxygen atoms in total. The van der Waals surface area contributed by atoms with Crippen LogP contribution in [0.3, 0.4) is 0 Å². The molecule has 8 heteroatoms. The fraction of sp³-hybridized carbons (Fsp3) is 0.429. The summed E-state index contributed by atoms with van der Waals surface area (Å²) in [6.07, 6.45) is 10.1. The molecule has 0 aliphatic heterocycles. The van der Waals surface area contributed by atoms with E-state index in [0.29, 0.717) is 5.88 Å². The second-order valence-electron chi connectivity index (χ2n) is 7.26. The highest BCUT2D eigenvalue weighted by Gasteiger charge is 2.45. The third-order valence-electron chi connectivity index (χ3n) is 5.10. The number of nitrogens with zero attached hydrogens (tertiary/aromatic N) is 6. The van der Waals surface area contributed by atoms with Crippen LogP contribution in [0, 0.1) is 0 Å². The second-order valence-corrected chi connectivity index (χ2v) is 7.26.